The Morgan fingerprint density at radius 3 is 2.47 bits per heavy atom. The zero-order valence-electron chi connectivity index (χ0n) is 11.0. The number of methoxy groups -OCH3 is 1. The van der Waals surface area contributed by atoms with Gasteiger partial charge in [-0.3, -0.25) is 0 Å². The largest absolute Gasteiger partial charge is 0.497 e. The molecule has 0 saturated carbocycles. The summed E-state index contributed by atoms with van der Waals surface area (Å²) in [5, 5.41) is 15.9. The summed E-state index contributed by atoms with van der Waals surface area (Å²) in [6, 6.07) is 7.19. The minimum absolute atomic E-state index is 0.514. The van der Waals surface area contributed by atoms with Crippen LogP contribution >= 0.6 is 0 Å². The molecule has 1 aromatic heterocycles. The van der Waals surface area contributed by atoms with Crippen molar-refractivity contribution in [1.29, 1.82) is 0 Å². The molecule has 0 aliphatic heterocycles. The maximum absolute atomic E-state index is 8.67. The number of hydrogen-bond donors (Lipinski definition) is 1. The van der Waals surface area contributed by atoms with Gasteiger partial charge in [-0.25, -0.2) is 4.68 Å². The lowest BCUT2D eigenvalue weighted by Crippen LogP contribution is -1.97. The van der Waals surface area contributed by atoms with E-state index in [1.54, 1.807) is 43.1 Å². The summed E-state index contributed by atoms with van der Waals surface area (Å²) in [7, 11) is 3.37. The number of benzene rings is 1. The highest BCUT2D eigenvalue weighted by Gasteiger charge is 2.14. The van der Waals surface area contributed by atoms with Crippen LogP contribution in [-0.2, 0) is 7.05 Å². The number of aryl methyl sites for hydroxylation is 2. The number of ether oxygens (including phenoxy) is 2. The van der Waals surface area contributed by atoms with Crippen LogP contribution in [0.3, 0.4) is 0 Å². The molecule has 2 aromatic rings. The quantitative estimate of drug-likeness (QED) is 0.521. The summed E-state index contributed by atoms with van der Waals surface area (Å²) in [5.74, 6) is 1.92. The van der Waals surface area contributed by atoms with Crippen LogP contribution in [0.2, 0.25) is 0 Å². The van der Waals surface area contributed by atoms with E-state index >= 15 is 0 Å². The average Bonchev–Trinajstić information content (AvgIpc) is 2.67. The molecule has 6 nitrogen and oxygen atoms in total. The number of aromatic nitrogens is 2. The van der Waals surface area contributed by atoms with Crippen molar-refractivity contribution in [2.45, 2.75) is 6.92 Å². The highest BCUT2D eigenvalue weighted by molar-refractivity contribution is 5.84. The molecular weight excluding hydrogens is 246 g/mol. The zero-order valence-corrected chi connectivity index (χ0v) is 11.0. The van der Waals surface area contributed by atoms with Crippen molar-refractivity contribution in [3.63, 3.8) is 0 Å². The Morgan fingerprint density at radius 1 is 1.26 bits per heavy atom. The van der Waals surface area contributed by atoms with Crippen LogP contribution in [0.25, 0.3) is 0 Å². The first-order chi connectivity index (χ1) is 9.15. The van der Waals surface area contributed by atoms with Gasteiger partial charge in [0.2, 0.25) is 5.88 Å². The first-order valence-corrected chi connectivity index (χ1v) is 5.68. The van der Waals surface area contributed by atoms with Gasteiger partial charge < -0.3 is 14.7 Å². The van der Waals surface area contributed by atoms with Crippen LogP contribution in [-0.4, -0.2) is 28.3 Å². The smallest absolute Gasteiger partial charge is 0.226 e. The highest BCUT2D eigenvalue weighted by Crippen LogP contribution is 2.27. The molecule has 0 atom stereocenters. The van der Waals surface area contributed by atoms with Gasteiger partial charge in [0.1, 0.15) is 11.5 Å². The van der Waals surface area contributed by atoms with Crippen molar-refractivity contribution in [1.82, 2.24) is 9.78 Å². The van der Waals surface area contributed by atoms with E-state index in [9.17, 15) is 0 Å². The summed E-state index contributed by atoms with van der Waals surface area (Å²) in [6.45, 7) is 1.82. The third kappa shape index (κ3) is 2.67. The SMILES string of the molecule is COc1ccc(Oc2c(C=NO)c(C)nn2C)cc1. The van der Waals surface area contributed by atoms with E-state index in [0.29, 0.717) is 17.2 Å². The lowest BCUT2D eigenvalue weighted by atomic mass is 10.3. The maximum atomic E-state index is 8.67. The second-order valence-electron chi connectivity index (χ2n) is 3.95. The molecule has 0 spiro atoms. The first-order valence-electron chi connectivity index (χ1n) is 5.68. The molecule has 0 bridgehead atoms. The van der Waals surface area contributed by atoms with Crippen LogP contribution < -0.4 is 9.47 Å². The van der Waals surface area contributed by atoms with E-state index < -0.39 is 0 Å². The van der Waals surface area contributed by atoms with E-state index in [1.165, 1.54) is 6.21 Å². The van der Waals surface area contributed by atoms with Gasteiger partial charge >= 0.3 is 0 Å². The summed E-state index contributed by atoms with van der Waals surface area (Å²) >= 11 is 0. The summed E-state index contributed by atoms with van der Waals surface area (Å²) in [6.07, 6.45) is 1.31. The van der Waals surface area contributed by atoms with Gasteiger partial charge in [0.25, 0.3) is 0 Å². The van der Waals surface area contributed by atoms with E-state index in [0.717, 1.165) is 11.4 Å². The molecule has 0 aliphatic rings. The van der Waals surface area contributed by atoms with Gasteiger partial charge in [0.05, 0.1) is 24.6 Å². The van der Waals surface area contributed by atoms with E-state index in [-0.39, 0.29) is 0 Å². The second kappa shape index (κ2) is 5.43. The summed E-state index contributed by atoms with van der Waals surface area (Å²) < 4.78 is 12.4. The number of nitrogens with zero attached hydrogens (tertiary/aromatic N) is 3. The molecular formula is C13H15N3O3. The maximum Gasteiger partial charge on any atom is 0.226 e. The fourth-order valence-corrected chi connectivity index (χ4v) is 1.74. The molecule has 1 aromatic carbocycles. The standard InChI is InChI=1S/C13H15N3O3/c1-9-12(8-14-17)13(16(2)15-9)19-11-6-4-10(18-3)5-7-11/h4-8,17H,1-3H3. The van der Waals surface area contributed by atoms with Gasteiger partial charge in [0, 0.05) is 7.05 Å². The van der Waals surface area contributed by atoms with Gasteiger partial charge in [-0.2, -0.15) is 5.10 Å². The molecule has 0 fully saturated rings. The predicted molar refractivity (Wildman–Crippen MR) is 70.4 cm³/mol. The lowest BCUT2D eigenvalue weighted by Gasteiger charge is -2.07. The van der Waals surface area contributed by atoms with Crippen molar-refractivity contribution in [3.05, 3.63) is 35.5 Å². The fourth-order valence-electron chi connectivity index (χ4n) is 1.74. The molecule has 0 amide bonds. The highest BCUT2D eigenvalue weighted by atomic mass is 16.5. The molecule has 0 radical (unpaired) electrons. The monoisotopic (exact) mass is 261 g/mol. The van der Waals surface area contributed by atoms with E-state index in [1.807, 2.05) is 6.92 Å². The molecule has 0 aliphatic carbocycles. The zero-order chi connectivity index (χ0) is 13.8. The van der Waals surface area contributed by atoms with Gasteiger partial charge in [-0.15, -0.1) is 0 Å². The molecule has 0 saturated heterocycles. The van der Waals surface area contributed by atoms with Gasteiger partial charge in [-0.05, 0) is 31.2 Å². The second-order valence-corrected chi connectivity index (χ2v) is 3.95. The van der Waals surface area contributed by atoms with Crippen molar-refractivity contribution < 1.29 is 14.7 Å². The summed E-state index contributed by atoms with van der Waals surface area (Å²) in [4.78, 5) is 0. The van der Waals surface area contributed by atoms with Crippen LogP contribution in [0.4, 0.5) is 0 Å². The van der Waals surface area contributed by atoms with Crippen LogP contribution in [0.5, 0.6) is 17.4 Å². The van der Waals surface area contributed by atoms with Crippen LogP contribution in [0.15, 0.2) is 29.4 Å². The number of oxime groups is 1. The van der Waals surface area contributed by atoms with Crippen LogP contribution in [0.1, 0.15) is 11.3 Å². The normalized spacial score (nSPS) is 10.9. The Balaban J connectivity index is 2.31. The third-order valence-corrected chi connectivity index (χ3v) is 2.67. The van der Waals surface area contributed by atoms with Gasteiger partial charge in [0.15, 0.2) is 0 Å². The average molecular weight is 261 g/mol. The topological polar surface area (TPSA) is 68.9 Å². The van der Waals surface area contributed by atoms with E-state index in [2.05, 4.69) is 10.3 Å². The van der Waals surface area contributed by atoms with Crippen molar-refractivity contribution in [2.75, 3.05) is 7.11 Å². The molecule has 1 N–H and O–H groups in total. The minimum atomic E-state index is 0.514. The van der Waals surface area contributed by atoms with Crippen molar-refractivity contribution >= 4 is 6.21 Å². The molecule has 1 heterocycles. The Kier molecular flexibility index (Phi) is 3.70. The molecule has 6 heteroatoms. The fraction of sp³-hybridized carbons (Fsp3) is 0.231. The third-order valence-electron chi connectivity index (χ3n) is 2.67. The Hall–Kier alpha value is -2.50. The van der Waals surface area contributed by atoms with Crippen molar-refractivity contribution in [3.8, 4) is 17.4 Å². The lowest BCUT2D eigenvalue weighted by molar-refractivity contribution is 0.321. The minimum Gasteiger partial charge on any atom is -0.497 e. The van der Waals surface area contributed by atoms with Crippen LogP contribution in [0, 0.1) is 6.92 Å². The summed E-state index contributed by atoms with van der Waals surface area (Å²) in [5.41, 5.74) is 1.37. The Bertz CT molecular complexity index is 588. The molecule has 19 heavy (non-hydrogen) atoms. The predicted octanol–water partition coefficient (Wildman–Crippen LogP) is 2.34. The first kappa shape index (κ1) is 12.9. The number of rotatable bonds is 4. The molecule has 2 rings (SSSR count). The number of hydrogen-bond acceptors (Lipinski definition) is 5. The Morgan fingerprint density at radius 2 is 1.89 bits per heavy atom. The van der Waals surface area contributed by atoms with E-state index in [4.69, 9.17) is 14.7 Å². The Labute approximate surface area is 110 Å². The van der Waals surface area contributed by atoms with Crippen molar-refractivity contribution in [2.24, 2.45) is 12.2 Å². The molecule has 0 unspecified atom stereocenters. The molecule has 100 valence electrons. The van der Waals surface area contributed by atoms with Gasteiger partial charge in [-0.1, -0.05) is 5.16 Å².